The van der Waals surface area contributed by atoms with Crippen LogP contribution in [0.4, 0.5) is 16.2 Å². The van der Waals surface area contributed by atoms with Crippen LogP contribution in [0.1, 0.15) is 70.7 Å². The number of alkyl halides is 1. The highest BCUT2D eigenvalue weighted by molar-refractivity contribution is 8.44. The van der Waals surface area contributed by atoms with E-state index in [1.807, 2.05) is 0 Å². The average molecular weight is 861 g/mol. The summed E-state index contributed by atoms with van der Waals surface area (Å²) in [5, 5.41) is 0. The summed E-state index contributed by atoms with van der Waals surface area (Å²) in [5.74, 6) is -0.982. The van der Waals surface area contributed by atoms with Crippen LogP contribution in [0.3, 0.4) is 0 Å². The SMILES string of the molecule is CCCCCCCCC12CC(=O)O[C@H]3[C@@H](OP(O)(=S)OC[C@H]4O[C@@H](n5cnc6c(N)ncnc65)[C@H](F)[C@@H]4OP(=O)(S)O1)[C@H](n1cnc4c(=O)[nH]c(N)nc41)O[C@@H]32. The number of H-pyrrole nitrogens is 1. The van der Waals surface area contributed by atoms with Crippen molar-refractivity contribution in [3.05, 3.63) is 29.3 Å². The molecule has 4 aliphatic heterocycles. The molecule has 0 aromatic carbocycles. The van der Waals surface area contributed by atoms with E-state index in [0.717, 1.165) is 25.7 Å². The molecule has 304 valence electrons. The lowest BCUT2D eigenvalue weighted by atomic mass is 9.82. The molecule has 4 saturated heterocycles. The van der Waals surface area contributed by atoms with Gasteiger partial charge in [-0.15, -0.1) is 0 Å². The second-order valence-corrected chi connectivity index (χ2v) is 19.6. The molecule has 4 aliphatic rings. The lowest BCUT2D eigenvalue weighted by molar-refractivity contribution is -0.196. The lowest BCUT2D eigenvalue weighted by Gasteiger charge is -2.44. The van der Waals surface area contributed by atoms with Gasteiger partial charge in [-0.3, -0.25) is 37.3 Å². The number of carbonyl (C=O) groups is 1. The fourth-order valence-corrected chi connectivity index (χ4v) is 11.3. The summed E-state index contributed by atoms with van der Waals surface area (Å²) in [6, 6.07) is 0. The molecule has 0 amide bonds. The van der Waals surface area contributed by atoms with Crippen LogP contribution in [-0.2, 0) is 53.5 Å². The number of ether oxygens (including phenoxy) is 3. The highest BCUT2D eigenvalue weighted by Crippen LogP contribution is 2.64. The summed E-state index contributed by atoms with van der Waals surface area (Å²) < 4.78 is 76.4. The summed E-state index contributed by atoms with van der Waals surface area (Å²) in [6.07, 6.45) is -3.83. The Morgan fingerprint density at radius 2 is 1.73 bits per heavy atom. The third-order valence-corrected chi connectivity index (χ3v) is 13.4. The molecule has 6 N–H and O–H groups in total. The van der Waals surface area contributed by atoms with Gasteiger partial charge in [0.15, 0.2) is 53.5 Å². The Kier molecular flexibility index (Phi) is 10.8. The zero-order chi connectivity index (χ0) is 39.6. The van der Waals surface area contributed by atoms with E-state index in [1.54, 1.807) is 0 Å². The van der Waals surface area contributed by atoms with Gasteiger partial charge in [-0.05, 0) is 18.2 Å². The Balaban J connectivity index is 1.20. The van der Waals surface area contributed by atoms with Gasteiger partial charge in [0.25, 0.3) is 5.56 Å². The fourth-order valence-electron chi connectivity index (χ4n) is 7.75. The number of nitrogens with zero attached hydrogens (tertiary/aromatic N) is 7. The monoisotopic (exact) mass is 860 g/mol. The van der Waals surface area contributed by atoms with E-state index >= 15 is 4.39 Å². The summed E-state index contributed by atoms with van der Waals surface area (Å²) in [7, 11) is 0. The number of aromatic amines is 1. The van der Waals surface area contributed by atoms with Crippen molar-refractivity contribution in [2.45, 2.75) is 113 Å². The second kappa shape index (κ2) is 15.2. The van der Waals surface area contributed by atoms with E-state index in [4.69, 9.17) is 55.6 Å². The van der Waals surface area contributed by atoms with E-state index in [0.29, 0.717) is 12.8 Å². The number of rotatable bonds is 9. The number of anilines is 2. The quantitative estimate of drug-likeness (QED) is 0.0699. The Hall–Kier alpha value is -3.15. The van der Waals surface area contributed by atoms with Gasteiger partial charge >= 0.3 is 19.5 Å². The van der Waals surface area contributed by atoms with Gasteiger partial charge in [0.05, 0.1) is 25.7 Å². The molecule has 3 unspecified atom stereocenters. The molecule has 21 nitrogen and oxygen atoms in total. The molecule has 0 spiro atoms. The molecular formula is C30H39FN10O11P2S2. The number of fused-ring (bicyclic) bond motifs is 3. The van der Waals surface area contributed by atoms with E-state index in [2.05, 4.69) is 49.1 Å². The number of halogens is 1. The first-order valence-corrected chi connectivity index (χ1v) is 23.2. The van der Waals surface area contributed by atoms with Gasteiger partial charge < -0.3 is 35.1 Å². The highest BCUT2D eigenvalue weighted by Gasteiger charge is 2.65. The van der Waals surface area contributed by atoms with Crippen molar-refractivity contribution < 1.29 is 50.9 Å². The predicted molar refractivity (Wildman–Crippen MR) is 200 cm³/mol. The minimum Gasteiger partial charge on any atom is -0.456 e. The Labute approximate surface area is 327 Å². The van der Waals surface area contributed by atoms with Crippen molar-refractivity contribution in [2.24, 2.45) is 0 Å². The topological polar surface area (TPSA) is 278 Å². The summed E-state index contributed by atoms with van der Waals surface area (Å²) in [6.45, 7) is -7.64. The Bertz CT molecular complexity index is 2300. The number of carbonyl (C=O) groups excluding carboxylic acids is 1. The molecule has 4 fully saturated rings. The summed E-state index contributed by atoms with van der Waals surface area (Å²) in [5.41, 5.74) is 9.57. The fraction of sp³-hybridized carbons (Fsp3) is 0.633. The predicted octanol–water partition coefficient (Wildman–Crippen LogP) is 3.13. The number of nitrogen functional groups attached to an aromatic ring is 2. The van der Waals surface area contributed by atoms with Crippen LogP contribution >= 0.6 is 25.8 Å². The van der Waals surface area contributed by atoms with Gasteiger partial charge in [-0.1, -0.05) is 57.7 Å². The number of aromatic nitrogens is 8. The van der Waals surface area contributed by atoms with Crippen LogP contribution < -0.4 is 17.0 Å². The molecule has 0 saturated carbocycles. The van der Waals surface area contributed by atoms with Gasteiger partial charge in [-0.25, -0.2) is 28.9 Å². The third kappa shape index (κ3) is 7.38. The Morgan fingerprint density at radius 3 is 2.52 bits per heavy atom. The van der Waals surface area contributed by atoms with Crippen molar-refractivity contribution in [1.29, 1.82) is 0 Å². The largest absolute Gasteiger partial charge is 0.456 e. The lowest BCUT2D eigenvalue weighted by Crippen LogP contribution is -2.57. The molecule has 8 rings (SSSR count). The van der Waals surface area contributed by atoms with Crippen LogP contribution in [0.15, 0.2) is 23.8 Å². The summed E-state index contributed by atoms with van der Waals surface area (Å²) >= 11 is 9.80. The highest BCUT2D eigenvalue weighted by atomic mass is 32.7. The average Bonchev–Trinajstić information content (AvgIpc) is 3.90. The van der Waals surface area contributed by atoms with Crippen molar-refractivity contribution in [3.63, 3.8) is 0 Å². The van der Waals surface area contributed by atoms with Gasteiger partial charge in [0.2, 0.25) is 5.95 Å². The second-order valence-electron chi connectivity index (χ2n) is 14.0. The standard InChI is InChI=1S/C30H39FN10O11P2S2/c1-2-3-4-5-6-7-8-30-9-15(42)48-20-21(28(49-22(20)30)41-13-37-18-25(41)38-29(33)39-26(18)43)51-53(44,55)46-10-14-19(50-54(45,56)52-30)16(31)27(47-14)40-12-36-17-23(32)34-11-35-24(17)40/h11-14,16,19-22,27-28H,2-10H2,1H3,(H,44,55)(H,45,56)(H2,32,34,35)(H3,33,38,39,43)/t14-,16-,19-,20+,21-,22+,27-,28-,30?,53?,54?/m1/s1. The zero-order valence-electron chi connectivity index (χ0n) is 29.7. The van der Waals surface area contributed by atoms with Crippen molar-refractivity contribution in [1.82, 2.24) is 39.0 Å². The molecule has 8 heterocycles. The molecular weight excluding hydrogens is 821 g/mol. The molecule has 4 aromatic heterocycles. The van der Waals surface area contributed by atoms with E-state index < -0.39 is 92.8 Å². The van der Waals surface area contributed by atoms with E-state index in [9.17, 15) is 19.0 Å². The minimum atomic E-state index is -4.69. The van der Waals surface area contributed by atoms with Crippen LogP contribution in [0, 0.1) is 0 Å². The maximum Gasteiger partial charge on any atom is 0.387 e. The number of thiol groups is 1. The van der Waals surface area contributed by atoms with Crippen LogP contribution in [-0.4, -0.2) is 98.8 Å². The minimum absolute atomic E-state index is 0.0324. The van der Waals surface area contributed by atoms with Crippen LogP contribution in [0.5, 0.6) is 0 Å². The number of hydrogen-bond acceptors (Lipinski definition) is 18. The molecule has 26 heteroatoms. The van der Waals surface area contributed by atoms with Crippen molar-refractivity contribution in [2.75, 3.05) is 18.1 Å². The van der Waals surface area contributed by atoms with Gasteiger partial charge in [0, 0.05) is 0 Å². The number of unbranched alkanes of at least 4 members (excludes halogenated alkanes) is 5. The number of nitrogens with two attached hydrogens (primary N) is 2. The smallest absolute Gasteiger partial charge is 0.387 e. The molecule has 0 radical (unpaired) electrons. The molecule has 11 atom stereocenters. The molecule has 56 heavy (non-hydrogen) atoms. The Morgan fingerprint density at radius 1 is 1.00 bits per heavy atom. The number of hydrogen-bond donors (Lipinski definition) is 5. The first-order chi connectivity index (χ1) is 26.7. The van der Waals surface area contributed by atoms with Crippen molar-refractivity contribution in [3.8, 4) is 0 Å². The molecule has 4 bridgehead atoms. The maximum atomic E-state index is 16.7. The number of nitrogens with one attached hydrogen (secondary N) is 1. The molecule has 4 aromatic rings. The van der Waals surface area contributed by atoms with Crippen LogP contribution in [0.2, 0.25) is 0 Å². The summed E-state index contributed by atoms with van der Waals surface area (Å²) in [4.78, 5) is 60.9. The molecule has 0 aliphatic carbocycles. The zero-order valence-corrected chi connectivity index (χ0v) is 33.2. The van der Waals surface area contributed by atoms with Gasteiger partial charge in [-0.2, -0.15) is 4.98 Å². The first kappa shape index (κ1) is 39.7. The normalized spacial score (nSPS) is 36.2. The number of esters is 1. The van der Waals surface area contributed by atoms with Crippen molar-refractivity contribution >= 4 is 77.6 Å². The first-order valence-electron chi connectivity index (χ1n) is 17.9. The van der Waals surface area contributed by atoms with E-state index in [-0.39, 0.29) is 40.5 Å². The number of imidazole rings is 2. The van der Waals surface area contributed by atoms with Crippen LogP contribution in [0.25, 0.3) is 22.3 Å². The maximum absolute atomic E-state index is 16.7. The third-order valence-electron chi connectivity index (χ3n) is 10.2. The van der Waals surface area contributed by atoms with Gasteiger partial charge in [0.1, 0.15) is 35.8 Å². The van der Waals surface area contributed by atoms with E-state index in [1.165, 1.54) is 28.1 Å².